The standard InChI is InChI=1S/C21H23N3OS/c1-15(2)13-16-6-8-17(9-7-16)21(25)23-12-10-20-24-19(14-26-20)18-5-3-4-11-22-18/h3-9,11,14-15H,10,12-13H2,1-2H3,(H,23,25). The van der Waals surface area contributed by atoms with Crippen molar-refractivity contribution >= 4 is 17.2 Å². The van der Waals surface area contributed by atoms with Gasteiger partial charge in [-0.25, -0.2) is 4.98 Å². The summed E-state index contributed by atoms with van der Waals surface area (Å²) in [5, 5.41) is 5.97. The van der Waals surface area contributed by atoms with E-state index in [-0.39, 0.29) is 5.91 Å². The number of thiazole rings is 1. The third-order valence-corrected chi connectivity index (χ3v) is 4.87. The van der Waals surface area contributed by atoms with Gasteiger partial charge in [0.25, 0.3) is 5.91 Å². The number of benzene rings is 1. The van der Waals surface area contributed by atoms with Gasteiger partial charge in [-0.3, -0.25) is 9.78 Å². The molecular weight excluding hydrogens is 342 g/mol. The van der Waals surface area contributed by atoms with Crippen LogP contribution in [0.2, 0.25) is 0 Å². The first-order chi connectivity index (χ1) is 12.6. The molecule has 3 aromatic rings. The van der Waals surface area contributed by atoms with E-state index in [1.165, 1.54) is 5.56 Å². The minimum atomic E-state index is -0.0393. The quantitative estimate of drug-likeness (QED) is 0.676. The molecule has 2 heterocycles. The Morgan fingerprint density at radius 1 is 1.12 bits per heavy atom. The summed E-state index contributed by atoms with van der Waals surface area (Å²) in [4.78, 5) is 21.2. The lowest BCUT2D eigenvalue weighted by atomic mass is 10.0. The van der Waals surface area contributed by atoms with Crippen molar-refractivity contribution in [3.63, 3.8) is 0 Å². The topological polar surface area (TPSA) is 54.9 Å². The Kier molecular flexibility index (Phi) is 6.12. The number of pyridine rings is 1. The van der Waals surface area contributed by atoms with Gasteiger partial charge < -0.3 is 5.32 Å². The highest BCUT2D eigenvalue weighted by atomic mass is 32.1. The molecule has 0 saturated heterocycles. The Labute approximate surface area is 158 Å². The number of rotatable bonds is 7. The number of hydrogen-bond donors (Lipinski definition) is 1. The molecule has 2 aromatic heterocycles. The Bertz CT molecular complexity index is 841. The van der Waals surface area contributed by atoms with E-state index in [2.05, 4.69) is 29.1 Å². The summed E-state index contributed by atoms with van der Waals surface area (Å²) in [5.41, 5.74) is 3.73. The van der Waals surface area contributed by atoms with Crippen LogP contribution in [-0.4, -0.2) is 22.4 Å². The van der Waals surface area contributed by atoms with Gasteiger partial charge in [0, 0.05) is 30.1 Å². The molecule has 26 heavy (non-hydrogen) atoms. The lowest BCUT2D eigenvalue weighted by Gasteiger charge is -2.07. The molecule has 0 atom stereocenters. The molecule has 0 unspecified atom stereocenters. The number of amides is 1. The molecule has 4 nitrogen and oxygen atoms in total. The van der Waals surface area contributed by atoms with Gasteiger partial charge in [0.15, 0.2) is 0 Å². The predicted molar refractivity (Wildman–Crippen MR) is 106 cm³/mol. The van der Waals surface area contributed by atoms with Crippen LogP contribution in [0.15, 0.2) is 54.0 Å². The summed E-state index contributed by atoms with van der Waals surface area (Å²) in [7, 11) is 0. The van der Waals surface area contributed by atoms with E-state index >= 15 is 0 Å². The fourth-order valence-corrected chi connectivity index (χ4v) is 3.50. The highest BCUT2D eigenvalue weighted by Gasteiger charge is 2.08. The zero-order chi connectivity index (χ0) is 18.4. The van der Waals surface area contributed by atoms with Crippen molar-refractivity contribution in [3.8, 4) is 11.4 Å². The largest absolute Gasteiger partial charge is 0.352 e. The SMILES string of the molecule is CC(C)Cc1ccc(C(=O)NCCc2nc(-c3ccccn3)cs2)cc1. The molecule has 0 aliphatic rings. The van der Waals surface area contributed by atoms with Gasteiger partial charge in [-0.05, 0) is 42.2 Å². The maximum absolute atomic E-state index is 12.3. The van der Waals surface area contributed by atoms with Crippen LogP contribution in [0.5, 0.6) is 0 Å². The number of carbonyl (C=O) groups excluding carboxylic acids is 1. The third kappa shape index (κ3) is 4.99. The van der Waals surface area contributed by atoms with Crippen molar-refractivity contribution in [1.82, 2.24) is 15.3 Å². The van der Waals surface area contributed by atoms with Crippen LogP contribution >= 0.6 is 11.3 Å². The number of nitrogens with one attached hydrogen (secondary N) is 1. The summed E-state index contributed by atoms with van der Waals surface area (Å²) in [6.07, 6.45) is 3.51. The Morgan fingerprint density at radius 3 is 2.62 bits per heavy atom. The number of hydrogen-bond acceptors (Lipinski definition) is 4. The van der Waals surface area contributed by atoms with Crippen LogP contribution in [0.1, 0.15) is 34.8 Å². The van der Waals surface area contributed by atoms with Crippen LogP contribution in [0.4, 0.5) is 0 Å². The second-order valence-corrected chi connectivity index (χ2v) is 7.58. The first-order valence-electron chi connectivity index (χ1n) is 8.85. The van der Waals surface area contributed by atoms with Crippen molar-refractivity contribution in [3.05, 3.63) is 70.2 Å². The highest BCUT2D eigenvalue weighted by Crippen LogP contribution is 2.19. The van der Waals surface area contributed by atoms with Crippen molar-refractivity contribution in [1.29, 1.82) is 0 Å². The minimum absolute atomic E-state index is 0.0393. The number of nitrogens with zero attached hydrogens (tertiary/aromatic N) is 2. The van der Waals surface area contributed by atoms with Crippen molar-refractivity contribution in [2.24, 2.45) is 5.92 Å². The lowest BCUT2D eigenvalue weighted by Crippen LogP contribution is -2.25. The molecule has 3 rings (SSSR count). The third-order valence-electron chi connectivity index (χ3n) is 3.96. The predicted octanol–water partition coefficient (Wildman–Crippen LogP) is 4.38. The van der Waals surface area contributed by atoms with E-state index in [0.29, 0.717) is 24.4 Å². The molecule has 1 amide bonds. The zero-order valence-corrected chi connectivity index (χ0v) is 15.9. The number of carbonyl (C=O) groups is 1. The molecule has 0 fully saturated rings. The molecule has 0 aliphatic heterocycles. The molecule has 5 heteroatoms. The molecular formula is C21H23N3OS. The molecule has 0 saturated carbocycles. The minimum Gasteiger partial charge on any atom is -0.352 e. The molecule has 0 bridgehead atoms. The average molecular weight is 366 g/mol. The van der Waals surface area contributed by atoms with Crippen LogP contribution < -0.4 is 5.32 Å². The van der Waals surface area contributed by atoms with Gasteiger partial charge in [-0.1, -0.05) is 32.0 Å². The Hall–Kier alpha value is -2.53. The fraction of sp³-hybridized carbons (Fsp3) is 0.286. The van der Waals surface area contributed by atoms with E-state index in [4.69, 9.17) is 0 Å². The van der Waals surface area contributed by atoms with E-state index < -0.39 is 0 Å². The van der Waals surface area contributed by atoms with Gasteiger partial charge in [0.05, 0.1) is 16.4 Å². The molecule has 0 spiro atoms. The molecule has 134 valence electrons. The zero-order valence-electron chi connectivity index (χ0n) is 15.1. The Balaban J connectivity index is 1.50. The van der Waals surface area contributed by atoms with Crippen LogP contribution in [-0.2, 0) is 12.8 Å². The van der Waals surface area contributed by atoms with Crippen molar-refractivity contribution < 1.29 is 4.79 Å². The summed E-state index contributed by atoms with van der Waals surface area (Å²) in [5.74, 6) is 0.576. The maximum atomic E-state index is 12.3. The molecule has 1 aromatic carbocycles. The molecule has 0 aliphatic carbocycles. The summed E-state index contributed by atoms with van der Waals surface area (Å²) in [6.45, 7) is 4.96. The second kappa shape index (κ2) is 8.72. The molecule has 1 N–H and O–H groups in total. The van der Waals surface area contributed by atoms with Crippen molar-refractivity contribution in [2.75, 3.05) is 6.54 Å². The fourth-order valence-electron chi connectivity index (χ4n) is 2.71. The van der Waals surface area contributed by atoms with Crippen LogP contribution in [0.3, 0.4) is 0 Å². The summed E-state index contributed by atoms with van der Waals surface area (Å²) >= 11 is 1.60. The van der Waals surface area contributed by atoms with Gasteiger partial charge in [-0.15, -0.1) is 11.3 Å². The van der Waals surface area contributed by atoms with E-state index in [0.717, 1.165) is 22.8 Å². The number of aromatic nitrogens is 2. The summed E-state index contributed by atoms with van der Waals surface area (Å²) in [6, 6.07) is 13.7. The van der Waals surface area contributed by atoms with Gasteiger partial charge in [0.2, 0.25) is 0 Å². The van der Waals surface area contributed by atoms with E-state index in [1.807, 2.05) is 47.8 Å². The second-order valence-electron chi connectivity index (χ2n) is 6.64. The first-order valence-corrected chi connectivity index (χ1v) is 9.72. The summed E-state index contributed by atoms with van der Waals surface area (Å²) < 4.78 is 0. The van der Waals surface area contributed by atoms with E-state index in [1.54, 1.807) is 17.5 Å². The Morgan fingerprint density at radius 2 is 1.92 bits per heavy atom. The molecule has 0 radical (unpaired) electrons. The smallest absolute Gasteiger partial charge is 0.251 e. The maximum Gasteiger partial charge on any atom is 0.251 e. The lowest BCUT2D eigenvalue weighted by molar-refractivity contribution is 0.0954. The van der Waals surface area contributed by atoms with Gasteiger partial charge >= 0.3 is 0 Å². The van der Waals surface area contributed by atoms with Gasteiger partial charge in [-0.2, -0.15) is 0 Å². The van der Waals surface area contributed by atoms with Crippen LogP contribution in [0, 0.1) is 5.92 Å². The van der Waals surface area contributed by atoms with Gasteiger partial charge in [0.1, 0.15) is 0 Å². The van der Waals surface area contributed by atoms with Crippen molar-refractivity contribution in [2.45, 2.75) is 26.7 Å². The van der Waals surface area contributed by atoms with E-state index in [9.17, 15) is 4.79 Å². The monoisotopic (exact) mass is 365 g/mol. The normalized spacial score (nSPS) is 10.9. The highest BCUT2D eigenvalue weighted by molar-refractivity contribution is 7.09. The average Bonchev–Trinajstić information content (AvgIpc) is 3.11. The van der Waals surface area contributed by atoms with Crippen LogP contribution in [0.25, 0.3) is 11.4 Å². The first kappa shape index (κ1) is 18.3.